The van der Waals surface area contributed by atoms with E-state index < -0.39 is 5.56 Å². The van der Waals surface area contributed by atoms with E-state index in [1.54, 1.807) is 54.7 Å². The number of nitrogens with zero attached hydrogens (tertiary/aromatic N) is 3. The fourth-order valence-electron chi connectivity index (χ4n) is 3.34. The second-order valence-corrected chi connectivity index (χ2v) is 7.71. The molecule has 0 amide bonds. The highest BCUT2D eigenvalue weighted by molar-refractivity contribution is 6.39. The third-order valence-corrected chi connectivity index (χ3v) is 5.51. The molecule has 0 atom stereocenters. The maximum Gasteiger partial charge on any atom is 0.293 e. The van der Waals surface area contributed by atoms with E-state index in [1.165, 1.54) is 7.11 Å². The molecule has 162 valence electrons. The SMILES string of the molecule is CCC(=O)c1cccc(Nc2ncc3cc(-c4c(Cl)cccc4Cl)c(=O)n(OC)c3n2)c1. The van der Waals surface area contributed by atoms with Gasteiger partial charge in [0.25, 0.3) is 5.56 Å². The Hall–Kier alpha value is -3.42. The summed E-state index contributed by atoms with van der Waals surface area (Å²) >= 11 is 12.6. The molecule has 4 aromatic rings. The number of carbonyl (C=O) groups is 1. The van der Waals surface area contributed by atoms with Crippen LogP contribution < -0.4 is 15.7 Å². The Kier molecular flexibility index (Phi) is 6.12. The molecule has 0 aliphatic carbocycles. The van der Waals surface area contributed by atoms with Crippen LogP contribution in [0, 0.1) is 0 Å². The summed E-state index contributed by atoms with van der Waals surface area (Å²) in [6, 6.07) is 13.7. The molecule has 7 nitrogen and oxygen atoms in total. The fraction of sp³-hybridized carbons (Fsp3) is 0.130. The molecule has 2 aromatic heterocycles. The van der Waals surface area contributed by atoms with Gasteiger partial charge < -0.3 is 10.2 Å². The Bertz CT molecular complexity index is 1380. The molecule has 0 unspecified atom stereocenters. The summed E-state index contributed by atoms with van der Waals surface area (Å²) in [6.45, 7) is 1.81. The van der Waals surface area contributed by atoms with Gasteiger partial charge >= 0.3 is 0 Å². The standard InChI is InChI=1S/C23H18Cl2N4O3/c1-3-19(30)13-6-4-7-15(10-13)27-23-26-12-14-11-16(20-17(24)8-5-9-18(20)25)22(31)29(32-2)21(14)28-23/h4-12H,3H2,1-2H3,(H,26,27,28). The number of benzene rings is 2. The van der Waals surface area contributed by atoms with Crippen LogP contribution in [0.25, 0.3) is 22.2 Å². The van der Waals surface area contributed by atoms with E-state index >= 15 is 0 Å². The van der Waals surface area contributed by atoms with Gasteiger partial charge in [-0.25, -0.2) is 4.98 Å². The summed E-state index contributed by atoms with van der Waals surface area (Å²) in [5.41, 5.74) is 1.72. The quantitative estimate of drug-likeness (QED) is 0.393. The number of aromatic nitrogens is 3. The lowest BCUT2D eigenvalue weighted by Crippen LogP contribution is -2.27. The van der Waals surface area contributed by atoms with Crippen molar-refractivity contribution in [3.63, 3.8) is 0 Å². The molecular formula is C23H18Cl2N4O3. The van der Waals surface area contributed by atoms with Gasteiger partial charge in [-0.15, -0.1) is 4.73 Å². The van der Waals surface area contributed by atoms with E-state index in [2.05, 4.69) is 15.3 Å². The minimum atomic E-state index is -0.463. The largest absolute Gasteiger partial charge is 0.412 e. The van der Waals surface area contributed by atoms with Crippen LogP contribution in [-0.4, -0.2) is 27.6 Å². The third kappa shape index (κ3) is 4.04. The average molecular weight is 469 g/mol. The van der Waals surface area contributed by atoms with Gasteiger partial charge in [0.1, 0.15) is 7.11 Å². The molecule has 9 heteroatoms. The van der Waals surface area contributed by atoms with E-state index in [4.69, 9.17) is 28.0 Å². The topological polar surface area (TPSA) is 86.1 Å². The second kappa shape index (κ2) is 8.98. The first-order valence-electron chi connectivity index (χ1n) is 9.75. The Morgan fingerprint density at radius 3 is 2.53 bits per heavy atom. The van der Waals surface area contributed by atoms with E-state index in [0.29, 0.717) is 38.7 Å². The van der Waals surface area contributed by atoms with Gasteiger partial charge in [-0.1, -0.05) is 48.3 Å². The minimum absolute atomic E-state index is 0.0343. The third-order valence-electron chi connectivity index (χ3n) is 4.88. The van der Waals surface area contributed by atoms with Gasteiger partial charge in [0.2, 0.25) is 5.95 Å². The lowest BCUT2D eigenvalue weighted by molar-refractivity contribution is 0.0988. The van der Waals surface area contributed by atoms with Crippen LogP contribution in [0.2, 0.25) is 10.0 Å². The van der Waals surface area contributed by atoms with Crippen LogP contribution in [0.15, 0.2) is 59.5 Å². The zero-order valence-electron chi connectivity index (χ0n) is 17.2. The summed E-state index contributed by atoms with van der Waals surface area (Å²) in [5.74, 6) is 0.277. The van der Waals surface area contributed by atoms with E-state index in [1.807, 2.05) is 6.92 Å². The van der Waals surface area contributed by atoms with Crippen molar-refractivity contribution >= 4 is 51.7 Å². The minimum Gasteiger partial charge on any atom is -0.412 e. The second-order valence-electron chi connectivity index (χ2n) is 6.89. The lowest BCUT2D eigenvalue weighted by Gasteiger charge is -2.13. The van der Waals surface area contributed by atoms with Crippen molar-refractivity contribution in [2.75, 3.05) is 12.4 Å². The summed E-state index contributed by atoms with van der Waals surface area (Å²) in [4.78, 5) is 39.2. The molecule has 0 saturated heterocycles. The van der Waals surface area contributed by atoms with Crippen molar-refractivity contribution in [3.05, 3.63) is 80.7 Å². The highest BCUT2D eigenvalue weighted by Crippen LogP contribution is 2.33. The number of halogens is 2. The lowest BCUT2D eigenvalue weighted by atomic mass is 10.1. The molecule has 2 heterocycles. The van der Waals surface area contributed by atoms with Crippen LogP contribution in [0.5, 0.6) is 0 Å². The van der Waals surface area contributed by atoms with Crippen molar-refractivity contribution in [1.29, 1.82) is 0 Å². The Morgan fingerprint density at radius 1 is 1.12 bits per heavy atom. The maximum absolute atomic E-state index is 13.1. The van der Waals surface area contributed by atoms with Gasteiger partial charge in [-0.05, 0) is 30.3 Å². The predicted molar refractivity (Wildman–Crippen MR) is 126 cm³/mol. The number of fused-ring (bicyclic) bond motifs is 1. The number of pyridine rings is 1. The van der Waals surface area contributed by atoms with Gasteiger partial charge in [-0.3, -0.25) is 9.59 Å². The first-order valence-corrected chi connectivity index (χ1v) is 10.5. The fourth-order valence-corrected chi connectivity index (χ4v) is 3.94. The molecule has 2 aromatic carbocycles. The zero-order valence-corrected chi connectivity index (χ0v) is 18.7. The molecule has 32 heavy (non-hydrogen) atoms. The van der Waals surface area contributed by atoms with E-state index in [9.17, 15) is 9.59 Å². The van der Waals surface area contributed by atoms with Crippen LogP contribution in [-0.2, 0) is 0 Å². The van der Waals surface area contributed by atoms with Crippen LogP contribution in [0.4, 0.5) is 11.6 Å². The van der Waals surface area contributed by atoms with Gasteiger partial charge in [0.05, 0.1) is 15.6 Å². The first-order chi connectivity index (χ1) is 15.4. The van der Waals surface area contributed by atoms with Crippen LogP contribution in [0.1, 0.15) is 23.7 Å². The number of carbonyl (C=O) groups excluding carboxylic acids is 1. The number of hydrogen-bond donors (Lipinski definition) is 1. The highest BCUT2D eigenvalue weighted by Gasteiger charge is 2.18. The molecule has 0 fully saturated rings. The first kappa shape index (κ1) is 21.8. The molecule has 4 rings (SSSR count). The van der Waals surface area contributed by atoms with Gasteiger partial charge in [0.15, 0.2) is 11.4 Å². The predicted octanol–water partition coefficient (Wildman–Crippen LogP) is 5.16. The smallest absolute Gasteiger partial charge is 0.293 e. The number of rotatable bonds is 6. The normalized spacial score (nSPS) is 10.9. The van der Waals surface area contributed by atoms with Crippen molar-refractivity contribution < 1.29 is 9.63 Å². The van der Waals surface area contributed by atoms with E-state index in [-0.39, 0.29) is 22.9 Å². The average Bonchev–Trinajstić information content (AvgIpc) is 2.79. The number of hydrogen-bond acceptors (Lipinski definition) is 6. The van der Waals surface area contributed by atoms with Crippen molar-refractivity contribution in [2.45, 2.75) is 13.3 Å². The van der Waals surface area contributed by atoms with Crippen molar-refractivity contribution in [1.82, 2.24) is 14.7 Å². The summed E-state index contributed by atoms with van der Waals surface area (Å²) in [6.07, 6.45) is 1.97. The van der Waals surface area contributed by atoms with E-state index in [0.717, 1.165) is 4.73 Å². The monoisotopic (exact) mass is 468 g/mol. The number of anilines is 2. The van der Waals surface area contributed by atoms with Gasteiger partial charge in [0, 0.05) is 34.8 Å². The van der Waals surface area contributed by atoms with Crippen molar-refractivity contribution in [2.24, 2.45) is 0 Å². The Balaban J connectivity index is 1.80. The molecule has 0 aliphatic heterocycles. The molecule has 0 spiro atoms. The van der Waals surface area contributed by atoms with Crippen LogP contribution >= 0.6 is 23.2 Å². The number of Topliss-reactive ketones (excluding diaryl/α,β-unsaturated/α-hetero) is 1. The number of ketones is 1. The molecular weight excluding hydrogens is 451 g/mol. The zero-order chi connectivity index (χ0) is 22.8. The van der Waals surface area contributed by atoms with Gasteiger partial charge in [-0.2, -0.15) is 4.98 Å². The van der Waals surface area contributed by atoms with Crippen LogP contribution in [0.3, 0.4) is 0 Å². The molecule has 1 N–H and O–H groups in total. The molecule has 0 aliphatic rings. The maximum atomic E-state index is 13.1. The summed E-state index contributed by atoms with van der Waals surface area (Å²) in [5, 5.41) is 4.31. The number of nitrogens with one attached hydrogen (secondary N) is 1. The highest BCUT2D eigenvalue weighted by atomic mass is 35.5. The molecule has 0 radical (unpaired) electrons. The Labute approximate surface area is 193 Å². The summed E-state index contributed by atoms with van der Waals surface area (Å²) < 4.78 is 1.06. The summed E-state index contributed by atoms with van der Waals surface area (Å²) in [7, 11) is 1.37. The molecule has 0 bridgehead atoms. The molecule has 0 saturated carbocycles. The van der Waals surface area contributed by atoms with Crippen molar-refractivity contribution in [3.8, 4) is 11.1 Å². The Morgan fingerprint density at radius 2 is 1.84 bits per heavy atom.